The van der Waals surface area contributed by atoms with Gasteiger partial charge < -0.3 is 9.47 Å². The molecule has 0 radical (unpaired) electrons. The van der Waals surface area contributed by atoms with Gasteiger partial charge in [0.1, 0.15) is 5.75 Å². The van der Waals surface area contributed by atoms with Crippen molar-refractivity contribution in [1.29, 1.82) is 0 Å². The summed E-state index contributed by atoms with van der Waals surface area (Å²) in [6.07, 6.45) is 11.3. The second-order valence-corrected chi connectivity index (χ2v) is 12.1. The zero-order valence-corrected chi connectivity index (χ0v) is 21.6. The molecule has 0 amide bonds. The third kappa shape index (κ3) is 4.18. The second kappa shape index (κ2) is 9.19. The molecule has 3 unspecified atom stereocenters. The highest BCUT2D eigenvalue weighted by Gasteiger charge is 2.31. The summed E-state index contributed by atoms with van der Waals surface area (Å²) in [5.74, 6) is 1.55. The van der Waals surface area contributed by atoms with E-state index in [1.165, 1.54) is 17.4 Å². The van der Waals surface area contributed by atoms with Gasteiger partial charge in [0.25, 0.3) is 0 Å². The predicted octanol–water partition coefficient (Wildman–Crippen LogP) is 5.24. The van der Waals surface area contributed by atoms with Crippen molar-refractivity contribution in [2.45, 2.75) is 68.4 Å². The van der Waals surface area contributed by atoms with Gasteiger partial charge in [-0.15, -0.1) is 5.10 Å². The number of aromatic nitrogens is 4. The van der Waals surface area contributed by atoms with Crippen molar-refractivity contribution in [3.05, 3.63) is 53.9 Å². The molecule has 1 aliphatic heterocycles. The molecule has 3 aromatic heterocycles. The van der Waals surface area contributed by atoms with Crippen LogP contribution in [0.4, 0.5) is 0 Å². The molecule has 9 heteroatoms. The van der Waals surface area contributed by atoms with Gasteiger partial charge in [0, 0.05) is 12.9 Å². The normalized spacial score (nSPS) is 23.0. The molecule has 2 fully saturated rings. The summed E-state index contributed by atoms with van der Waals surface area (Å²) in [5.41, 5.74) is 4.38. The van der Waals surface area contributed by atoms with Crippen molar-refractivity contribution >= 4 is 26.4 Å². The molecule has 1 saturated heterocycles. The summed E-state index contributed by atoms with van der Waals surface area (Å²) < 4.78 is 39.5. The molecule has 0 N–H and O–H groups in total. The molecule has 0 spiro atoms. The average Bonchev–Trinajstić information content (AvgIpc) is 3.59. The van der Waals surface area contributed by atoms with E-state index in [0.29, 0.717) is 23.3 Å². The van der Waals surface area contributed by atoms with Crippen LogP contribution < -0.4 is 4.74 Å². The van der Waals surface area contributed by atoms with Crippen LogP contribution in [0.3, 0.4) is 0 Å². The molecule has 0 bridgehead atoms. The third-order valence-electron chi connectivity index (χ3n) is 7.67. The minimum absolute atomic E-state index is 0.0678. The zero-order valence-electron chi connectivity index (χ0n) is 20.8. The minimum atomic E-state index is -3.19. The first-order valence-corrected chi connectivity index (χ1v) is 14.8. The van der Waals surface area contributed by atoms with Gasteiger partial charge in [-0.25, -0.2) is 17.6 Å². The van der Waals surface area contributed by atoms with Crippen LogP contribution >= 0.6 is 0 Å². The maximum Gasteiger partial charge on any atom is 0.183 e. The molecular formula is C27H32N4O4S. The van der Waals surface area contributed by atoms with Gasteiger partial charge in [-0.3, -0.25) is 0 Å². The fraction of sp³-hybridized carbons (Fsp3) is 0.481. The van der Waals surface area contributed by atoms with Gasteiger partial charge in [-0.1, -0.05) is 12.1 Å². The van der Waals surface area contributed by atoms with E-state index in [0.717, 1.165) is 67.4 Å². The Morgan fingerprint density at radius 1 is 1.11 bits per heavy atom. The lowest BCUT2D eigenvalue weighted by Gasteiger charge is -2.22. The second-order valence-electron chi connectivity index (χ2n) is 10.1. The van der Waals surface area contributed by atoms with Crippen molar-refractivity contribution in [3.8, 4) is 5.75 Å². The SMILES string of the molecule is CCOc1cc(C2CCC(c3ccc(S(C)(=O)=O)cc3)C2)c2c3cnn(C4CCCCO4)c3nn2c1. The number of ether oxygens (including phenoxy) is 2. The van der Waals surface area contributed by atoms with E-state index in [1.54, 1.807) is 12.1 Å². The van der Waals surface area contributed by atoms with Crippen LogP contribution in [0.15, 0.2) is 47.6 Å². The molecule has 4 heterocycles. The molecule has 36 heavy (non-hydrogen) atoms. The van der Waals surface area contributed by atoms with Crippen molar-refractivity contribution in [3.63, 3.8) is 0 Å². The van der Waals surface area contributed by atoms with E-state index in [1.807, 2.05) is 40.6 Å². The summed E-state index contributed by atoms with van der Waals surface area (Å²) in [6, 6.07) is 9.58. The van der Waals surface area contributed by atoms with Crippen LogP contribution in [-0.2, 0) is 14.6 Å². The largest absolute Gasteiger partial charge is 0.492 e. The van der Waals surface area contributed by atoms with E-state index in [4.69, 9.17) is 14.6 Å². The van der Waals surface area contributed by atoms with Gasteiger partial charge in [-0.05, 0) is 86.6 Å². The van der Waals surface area contributed by atoms with Gasteiger partial charge >= 0.3 is 0 Å². The quantitative estimate of drug-likeness (QED) is 0.354. The maximum atomic E-state index is 11.9. The van der Waals surface area contributed by atoms with Crippen molar-refractivity contribution in [2.24, 2.45) is 0 Å². The Hall–Kier alpha value is -2.91. The Bertz CT molecular complexity index is 1500. The summed E-state index contributed by atoms with van der Waals surface area (Å²) in [6.45, 7) is 3.34. The highest BCUT2D eigenvalue weighted by Crippen LogP contribution is 2.46. The van der Waals surface area contributed by atoms with Crippen LogP contribution in [0.2, 0.25) is 0 Å². The molecule has 3 atom stereocenters. The standard InChI is InChI=1S/C27H32N4O4S/c1-3-34-21-15-23(20-8-7-19(14-20)18-9-11-22(12-10-18)36(2,32)33)26-24-16-28-31(25-6-4-5-13-35-25)27(24)29-30(26)17-21/h9-12,15-17,19-20,25H,3-8,13-14H2,1-2H3. The number of pyridine rings is 1. The van der Waals surface area contributed by atoms with Crippen molar-refractivity contribution < 1.29 is 17.9 Å². The third-order valence-corrected chi connectivity index (χ3v) is 8.80. The molecule has 1 aromatic carbocycles. The molecule has 4 aromatic rings. The number of rotatable bonds is 6. The lowest BCUT2D eigenvalue weighted by Crippen LogP contribution is -2.19. The Morgan fingerprint density at radius 3 is 2.64 bits per heavy atom. The summed E-state index contributed by atoms with van der Waals surface area (Å²) in [4.78, 5) is 0.368. The zero-order chi connectivity index (χ0) is 24.9. The predicted molar refractivity (Wildman–Crippen MR) is 137 cm³/mol. The number of hydrogen-bond donors (Lipinski definition) is 0. The lowest BCUT2D eigenvalue weighted by atomic mass is 9.92. The number of sulfone groups is 1. The number of fused-ring (bicyclic) bond motifs is 3. The Labute approximate surface area is 211 Å². The van der Waals surface area contributed by atoms with E-state index < -0.39 is 9.84 Å². The summed E-state index contributed by atoms with van der Waals surface area (Å²) in [5, 5.41) is 10.7. The lowest BCUT2D eigenvalue weighted by molar-refractivity contribution is -0.0370. The topological polar surface area (TPSA) is 87.7 Å². The van der Waals surface area contributed by atoms with Gasteiger partial charge in [-0.2, -0.15) is 5.10 Å². The van der Waals surface area contributed by atoms with Crippen LogP contribution in [0.5, 0.6) is 5.75 Å². The molecule has 190 valence electrons. The summed E-state index contributed by atoms with van der Waals surface area (Å²) in [7, 11) is -3.19. The molecular weight excluding hydrogens is 476 g/mol. The highest BCUT2D eigenvalue weighted by molar-refractivity contribution is 7.90. The van der Waals surface area contributed by atoms with E-state index in [-0.39, 0.29) is 6.23 Å². The van der Waals surface area contributed by atoms with E-state index >= 15 is 0 Å². The smallest absolute Gasteiger partial charge is 0.183 e. The van der Waals surface area contributed by atoms with E-state index in [2.05, 4.69) is 11.2 Å². The Kier molecular flexibility index (Phi) is 6.00. The minimum Gasteiger partial charge on any atom is -0.492 e. The molecule has 1 aliphatic carbocycles. The van der Waals surface area contributed by atoms with Crippen LogP contribution in [0.1, 0.15) is 74.6 Å². The average molecular weight is 509 g/mol. The van der Waals surface area contributed by atoms with E-state index in [9.17, 15) is 8.42 Å². The highest BCUT2D eigenvalue weighted by atomic mass is 32.2. The molecule has 1 saturated carbocycles. The van der Waals surface area contributed by atoms with Crippen LogP contribution in [0.25, 0.3) is 16.6 Å². The first kappa shape index (κ1) is 23.5. The molecule has 2 aliphatic rings. The number of nitrogens with zero attached hydrogens (tertiary/aromatic N) is 4. The van der Waals surface area contributed by atoms with Crippen molar-refractivity contribution in [2.75, 3.05) is 19.5 Å². The van der Waals surface area contributed by atoms with Gasteiger partial charge in [0.2, 0.25) is 0 Å². The maximum absolute atomic E-state index is 11.9. The fourth-order valence-electron chi connectivity index (χ4n) is 5.90. The first-order valence-electron chi connectivity index (χ1n) is 12.9. The molecule has 6 rings (SSSR count). The van der Waals surface area contributed by atoms with Gasteiger partial charge in [0.15, 0.2) is 21.7 Å². The Balaban J connectivity index is 1.37. The fourth-order valence-corrected chi connectivity index (χ4v) is 6.53. The van der Waals surface area contributed by atoms with Gasteiger partial charge in [0.05, 0.1) is 34.8 Å². The number of benzene rings is 1. The van der Waals surface area contributed by atoms with Crippen LogP contribution in [-0.4, -0.2) is 47.3 Å². The monoisotopic (exact) mass is 508 g/mol. The van der Waals surface area contributed by atoms with Crippen molar-refractivity contribution in [1.82, 2.24) is 19.4 Å². The Morgan fingerprint density at radius 2 is 1.92 bits per heavy atom. The summed E-state index contributed by atoms with van der Waals surface area (Å²) >= 11 is 0. The molecule has 8 nitrogen and oxygen atoms in total. The first-order chi connectivity index (χ1) is 17.4. The van der Waals surface area contributed by atoms with Crippen LogP contribution in [0, 0.1) is 0 Å². The number of hydrogen-bond acceptors (Lipinski definition) is 6.